The molecule has 0 spiro atoms. The number of nitrogens with one attached hydrogen (secondary N) is 1. The molecule has 0 bridgehead atoms. The van der Waals surface area contributed by atoms with Crippen molar-refractivity contribution in [2.75, 3.05) is 32.1 Å². The standard InChI is InChI=1S/C16H24ClN3O2/c1-11(18)12-4-3-7-20(9-12)10-16(21)19-14-8-13(17)5-6-15(14)22-2/h5-6,8,11-12H,3-4,7,9-10,18H2,1-2H3,(H,19,21). The zero-order valence-corrected chi connectivity index (χ0v) is 13.9. The summed E-state index contributed by atoms with van der Waals surface area (Å²) in [5.41, 5.74) is 6.58. The van der Waals surface area contributed by atoms with Crippen LogP contribution in [0, 0.1) is 5.92 Å². The van der Waals surface area contributed by atoms with Crippen molar-refractivity contribution in [2.24, 2.45) is 11.7 Å². The van der Waals surface area contributed by atoms with E-state index in [2.05, 4.69) is 10.2 Å². The first kappa shape index (κ1) is 17.1. The summed E-state index contributed by atoms with van der Waals surface area (Å²) in [7, 11) is 1.57. The van der Waals surface area contributed by atoms with E-state index in [-0.39, 0.29) is 11.9 Å². The van der Waals surface area contributed by atoms with Crippen LogP contribution >= 0.6 is 11.6 Å². The van der Waals surface area contributed by atoms with Crippen LogP contribution < -0.4 is 15.8 Å². The number of hydrogen-bond donors (Lipinski definition) is 2. The molecule has 2 rings (SSSR count). The fourth-order valence-electron chi connectivity index (χ4n) is 2.83. The van der Waals surface area contributed by atoms with Crippen molar-refractivity contribution in [3.05, 3.63) is 23.2 Å². The fraction of sp³-hybridized carbons (Fsp3) is 0.562. The number of benzene rings is 1. The molecule has 1 fully saturated rings. The minimum atomic E-state index is -0.0640. The molecule has 5 nitrogen and oxygen atoms in total. The molecule has 2 atom stereocenters. The third-order valence-electron chi connectivity index (χ3n) is 4.09. The Hall–Kier alpha value is -1.30. The second-order valence-corrected chi connectivity index (χ2v) is 6.33. The molecule has 122 valence electrons. The average molecular weight is 326 g/mol. The highest BCUT2D eigenvalue weighted by atomic mass is 35.5. The van der Waals surface area contributed by atoms with Gasteiger partial charge >= 0.3 is 0 Å². The Morgan fingerprint density at radius 2 is 2.36 bits per heavy atom. The average Bonchev–Trinajstić information content (AvgIpc) is 2.47. The SMILES string of the molecule is COc1ccc(Cl)cc1NC(=O)CN1CCCC(C(C)N)C1. The normalized spacial score (nSPS) is 20.5. The summed E-state index contributed by atoms with van der Waals surface area (Å²) in [4.78, 5) is 14.4. The number of methoxy groups -OCH3 is 1. The van der Waals surface area contributed by atoms with Crippen molar-refractivity contribution in [2.45, 2.75) is 25.8 Å². The van der Waals surface area contributed by atoms with E-state index in [4.69, 9.17) is 22.1 Å². The maximum atomic E-state index is 12.3. The summed E-state index contributed by atoms with van der Waals surface area (Å²) >= 11 is 5.97. The minimum absolute atomic E-state index is 0.0640. The molecule has 22 heavy (non-hydrogen) atoms. The van der Waals surface area contributed by atoms with Crippen molar-refractivity contribution in [1.29, 1.82) is 0 Å². The van der Waals surface area contributed by atoms with Gasteiger partial charge in [-0.2, -0.15) is 0 Å². The molecule has 6 heteroatoms. The lowest BCUT2D eigenvalue weighted by Gasteiger charge is -2.34. The maximum Gasteiger partial charge on any atom is 0.238 e. The minimum Gasteiger partial charge on any atom is -0.495 e. The van der Waals surface area contributed by atoms with Gasteiger partial charge in [0.25, 0.3) is 0 Å². The molecule has 0 radical (unpaired) electrons. The number of ether oxygens (including phenoxy) is 1. The van der Waals surface area contributed by atoms with Gasteiger partial charge in [0.2, 0.25) is 5.91 Å². The number of amides is 1. The Morgan fingerprint density at radius 1 is 1.59 bits per heavy atom. The highest BCUT2D eigenvalue weighted by Gasteiger charge is 2.24. The Bertz CT molecular complexity index is 522. The summed E-state index contributed by atoms with van der Waals surface area (Å²) in [6.45, 7) is 4.20. The lowest BCUT2D eigenvalue weighted by Crippen LogP contribution is -2.45. The number of hydrogen-bond acceptors (Lipinski definition) is 4. The van der Waals surface area contributed by atoms with Crippen LogP contribution in [-0.4, -0.2) is 43.6 Å². The summed E-state index contributed by atoms with van der Waals surface area (Å²) < 4.78 is 5.24. The third kappa shape index (κ3) is 4.60. The molecule has 1 aliphatic heterocycles. The maximum absolute atomic E-state index is 12.3. The molecule has 2 unspecified atom stereocenters. The number of halogens is 1. The second kappa shape index (κ2) is 7.81. The molecule has 0 aromatic heterocycles. The number of likely N-dealkylation sites (tertiary alicyclic amines) is 1. The molecular formula is C16H24ClN3O2. The highest BCUT2D eigenvalue weighted by molar-refractivity contribution is 6.31. The van der Waals surface area contributed by atoms with E-state index in [1.165, 1.54) is 0 Å². The summed E-state index contributed by atoms with van der Waals surface area (Å²) in [5.74, 6) is 0.998. The van der Waals surface area contributed by atoms with Gasteiger partial charge in [-0.05, 0) is 50.4 Å². The van der Waals surface area contributed by atoms with E-state index in [0.29, 0.717) is 28.9 Å². The Balaban J connectivity index is 1.94. The molecular weight excluding hydrogens is 302 g/mol. The van der Waals surface area contributed by atoms with Crippen LogP contribution in [0.3, 0.4) is 0 Å². The lowest BCUT2D eigenvalue weighted by atomic mass is 9.92. The summed E-state index contributed by atoms with van der Waals surface area (Å²) in [6, 6.07) is 5.33. The monoisotopic (exact) mass is 325 g/mol. The van der Waals surface area contributed by atoms with Gasteiger partial charge < -0.3 is 15.8 Å². The summed E-state index contributed by atoms with van der Waals surface area (Å²) in [6.07, 6.45) is 2.22. The van der Waals surface area contributed by atoms with E-state index in [9.17, 15) is 4.79 Å². The van der Waals surface area contributed by atoms with E-state index in [1.54, 1.807) is 25.3 Å². The smallest absolute Gasteiger partial charge is 0.238 e. The predicted molar refractivity (Wildman–Crippen MR) is 89.4 cm³/mol. The Kier molecular flexibility index (Phi) is 6.06. The third-order valence-corrected chi connectivity index (χ3v) is 4.32. The number of carbonyl (C=O) groups is 1. The van der Waals surface area contributed by atoms with Gasteiger partial charge in [0.05, 0.1) is 19.3 Å². The molecule has 1 aliphatic rings. The summed E-state index contributed by atoms with van der Waals surface area (Å²) in [5, 5.41) is 3.43. The first-order valence-electron chi connectivity index (χ1n) is 7.61. The molecule has 0 aliphatic carbocycles. The van der Waals surface area contributed by atoms with Crippen LogP contribution in [0.2, 0.25) is 5.02 Å². The second-order valence-electron chi connectivity index (χ2n) is 5.89. The highest BCUT2D eigenvalue weighted by Crippen LogP contribution is 2.27. The van der Waals surface area contributed by atoms with Gasteiger partial charge in [-0.15, -0.1) is 0 Å². The van der Waals surface area contributed by atoms with Crippen LogP contribution in [0.1, 0.15) is 19.8 Å². The number of carbonyl (C=O) groups excluding carboxylic acids is 1. The number of rotatable bonds is 5. The van der Waals surface area contributed by atoms with Gasteiger partial charge in [0.1, 0.15) is 5.75 Å². The molecule has 1 saturated heterocycles. The van der Waals surface area contributed by atoms with Crippen LogP contribution in [0.15, 0.2) is 18.2 Å². The first-order chi connectivity index (χ1) is 10.5. The van der Waals surface area contributed by atoms with Crippen molar-refractivity contribution in [1.82, 2.24) is 4.90 Å². The zero-order chi connectivity index (χ0) is 16.1. The molecule has 3 N–H and O–H groups in total. The Morgan fingerprint density at radius 3 is 3.05 bits per heavy atom. The van der Waals surface area contributed by atoms with Crippen LogP contribution in [0.5, 0.6) is 5.75 Å². The van der Waals surface area contributed by atoms with Gasteiger partial charge in [0, 0.05) is 17.6 Å². The number of nitrogens with two attached hydrogens (primary N) is 1. The molecule has 1 heterocycles. The lowest BCUT2D eigenvalue weighted by molar-refractivity contribution is -0.117. The zero-order valence-electron chi connectivity index (χ0n) is 13.1. The van der Waals surface area contributed by atoms with E-state index < -0.39 is 0 Å². The van der Waals surface area contributed by atoms with Gasteiger partial charge in [-0.3, -0.25) is 9.69 Å². The van der Waals surface area contributed by atoms with Crippen LogP contribution in [-0.2, 0) is 4.79 Å². The van der Waals surface area contributed by atoms with Gasteiger partial charge in [0.15, 0.2) is 0 Å². The number of piperidine rings is 1. The van der Waals surface area contributed by atoms with Crippen molar-refractivity contribution in [3.63, 3.8) is 0 Å². The van der Waals surface area contributed by atoms with Crippen LogP contribution in [0.25, 0.3) is 0 Å². The number of nitrogens with zero attached hydrogens (tertiary/aromatic N) is 1. The fourth-order valence-corrected chi connectivity index (χ4v) is 3.01. The van der Waals surface area contributed by atoms with E-state index >= 15 is 0 Å². The Labute approximate surface area is 136 Å². The largest absolute Gasteiger partial charge is 0.495 e. The predicted octanol–water partition coefficient (Wildman–Crippen LogP) is 2.35. The topological polar surface area (TPSA) is 67.6 Å². The number of anilines is 1. The van der Waals surface area contributed by atoms with Crippen molar-refractivity contribution in [3.8, 4) is 5.75 Å². The molecule has 1 aromatic carbocycles. The van der Waals surface area contributed by atoms with Crippen molar-refractivity contribution >= 4 is 23.2 Å². The first-order valence-corrected chi connectivity index (χ1v) is 7.98. The van der Waals surface area contributed by atoms with E-state index in [1.807, 2.05) is 6.92 Å². The van der Waals surface area contributed by atoms with E-state index in [0.717, 1.165) is 25.9 Å². The molecule has 1 amide bonds. The molecule has 0 saturated carbocycles. The van der Waals surface area contributed by atoms with Gasteiger partial charge in [-0.25, -0.2) is 0 Å². The van der Waals surface area contributed by atoms with Crippen molar-refractivity contribution < 1.29 is 9.53 Å². The van der Waals surface area contributed by atoms with Gasteiger partial charge in [-0.1, -0.05) is 11.6 Å². The quantitative estimate of drug-likeness (QED) is 0.872. The van der Waals surface area contributed by atoms with Crippen LogP contribution in [0.4, 0.5) is 5.69 Å². The molecule has 1 aromatic rings.